The van der Waals surface area contributed by atoms with Gasteiger partial charge in [0.25, 0.3) is 0 Å². The predicted octanol–water partition coefficient (Wildman–Crippen LogP) is 3.31. The summed E-state index contributed by atoms with van der Waals surface area (Å²) in [4.78, 5) is 17.3. The summed E-state index contributed by atoms with van der Waals surface area (Å²) in [5.41, 5.74) is 4.08. The first-order valence-electron chi connectivity index (χ1n) is 9.11. The summed E-state index contributed by atoms with van der Waals surface area (Å²) in [6.07, 6.45) is 2.24. The number of aryl methyl sites for hydroxylation is 1. The Morgan fingerprint density at radius 2 is 2.04 bits per heavy atom. The summed E-state index contributed by atoms with van der Waals surface area (Å²) in [6, 6.07) is 16.2. The molecule has 3 aromatic rings. The zero-order valence-electron chi connectivity index (χ0n) is 14.9. The molecule has 26 heavy (non-hydrogen) atoms. The number of rotatable bonds is 5. The number of hydrogen-bond acceptors (Lipinski definition) is 3. The van der Waals surface area contributed by atoms with Crippen LogP contribution in [0.3, 0.4) is 0 Å². The SMILES string of the molecule is Cc1ccc(-c2nc3ccccc3n2CC(=O)NCC2CCCO2)cc1. The van der Waals surface area contributed by atoms with Crippen molar-refractivity contribution in [3.63, 3.8) is 0 Å². The molecule has 1 aliphatic rings. The van der Waals surface area contributed by atoms with Gasteiger partial charge in [0.1, 0.15) is 12.4 Å². The summed E-state index contributed by atoms with van der Waals surface area (Å²) in [6.45, 7) is 3.68. The van der Waals surface area contributed by atoms with Crippen molar-refractivity contribution in [3.05, 3.63) is 54.1 Å². The van der Waals surface area contributed by atoms with Gasteiger partial charge in [0.05, 0.1) is 17.1 Å². The highest BCUT2D eigenvalue weighted by Gasteiger charge is 2.18. The molecule has 0 bridgehead atoms. The fraction of sp³-hybridized carbons (Fsp3) is 0.333. The molecule has 5 nitrogen and oxygen atoms in total. The Morgan fingerprint density at radius 1 is 1.23 bits per heavy atom. The number of imidazole rings is 1. The van der Waals surface area contributed by atoms with Crippen LogP contribution in [0.1, 0.15) is 18.4 Å². The monoisotopic (exact) mass is 349 g/mol. The Morgan fingerprint density at radius 3 is 2.81 bits per heavy atom. The molecule has 0 radical (unpaired) electrons. The van der Waals surface area contributed by atoms with Gasteiger partial charge in [-0.2, -0.15) is 0 Å². The van der Waals surface area contributed by atoms with Crippen LogP contribution in [0.2, 0.25) is 0 Å². The minimum absolute atomic E-state index is 0.0167. The summed E-state index contributed by atoms with van der Waals surface area (Å²) < 4.78 is 7.57. The highest BCUT2D eigenvalue weighted by Crippen LogP contribution is 2.25. The largest absolute Gasteiger partial charge is 0.376 e. The van der Waals surface area contributed by atoms with Gasteiger partial charge in [-0.15, -0.1) is 0 Å². The maximum absolute atomic E-state index is 12.5. The number of carbonyl (C=O) groups excluding carboxylic acids is 1. The third-order valence-corrected chi connectivity index (χ3v) is 4.82. The van der Waals surface area contributed by atoms with Crippen molar-refractivity contribution in [1.29, 1.82) is 0 Å². The molecule has 0 spiro atoms. The normalized spacial score (nSPS) is 16.9. The molecule has 1 aliphatic heterocycles. The molecular weight excluding hydrogens is 326 g/mol. The van der Waals surface area contributed by atoms with Gasteiger partial charge in [0.2, 0.25) is 5.91 Å². The Balaban J connectivity index is 1.60. The van der Waals surface area contributed by atoms with Crippen molar-refractivity contribution in [2.45, 2.75) is 32.4 Å². The topological polar surface area (TPSA) is 56.2 Å². The standard InChI is InChI=1S/C21H23N3O2/c1-15-8-10-16(11-9-15)21-23-18-6-2-3-7-19(18)24(21)14-20(25)22-13-17-5-4-12-26-17/h2-3,6-11,17H,4-5,12-14H2,1H3,(H,22,25). The first-order valence-corrected chi connectivity index (χ1v) is 9.11. The number of nitrogens with one attached hydrogen (secondary N) is 1. The molecular formula is C21H23N3O2. The zero-order valence-corrected chi connectivity index (χ0v) is 14.9. The van der Waals surface area contributed by atoms with Crippen molar-refractivity contribution in [2.75, 3.05) is 13.2 Å². The Labute approximate surface area is 153 Å². The molecule has 1 unspecified atom stereocenters. The van der Waals surface area contributed by atoms with Crippen LogP contribution in [0.4, 0.5) is 0 Å². The van der Waals surface area contributed by atoms with Crippen LogP contribution in [-0.4, -0.2) is 34.7 Å². The van der Waals surface area contributed by atoms with E-state index in [-0.39, 0.29) is 18.6 Å². The molecule has 1 fully saturated rings. The number of hydrogen-bond donors (Lipinski definition) is 1. The second-order valence-electron chi connectivity index (χ2n) is 6.82. The molecule has 1 amide bonds. The third kappa shape index (κ3) is 3.48. The summed E-state index contributed by atoms with van der Waals surface area (Å²) in [7, 11) is 0. The van der Waals surface area contributed by atoms with E-state index in [4.69, 9.17) is 9.72 Å². The minimum atomic E-state index is -0.0167. The fourth-order valence-corrected chi connectivity index (χ4v) is 3.39. The number of carbonyl (C=O) groups is 1. The number of para-hydroxylation sites is 2. The Hall–Kier alpha value is -2.66. The van der Waals surface area contributed by atoms with Crippen LogP contribution >= 0.6 is 0 Å². The zero-order chi connectivity index (χ0) is 17.9. The molecule has 1 N–H and O–H groups in total. The fourth-order valence-electron chi connectivity index (χ4n) is 3.39. The van der Waals surface area contributed by atoms with Gasteiger partial charge in [-0.25, -0.2) is 4.98 Å². The van der Waals surface area contributed by atoms with Crippen LogP contribution in [0.5, 0.6) is 0 Å². The lowest BCUT2D eigenvalue weighted by Gasteiger charge is -2.13. The second-order valence-corrected chi connectivity index (χ2v) is 6.82. The van der Waals surface area contributed by atoms with Gasteiger partial charge in [0, 0.05) is 18.7 Å². The molecule has 0 aliphatic carbocycles. The van der Waals surface area contributed by atoms with Gasteiger partial charge < -0.3 is 14.6 Å². The average Bonchev–Trinajstić information content (AvgIpc) is 3.29. The highest BCUT2D eigenvalue weighted by atomic mass is 16.5. The number of fused-ring (bicyclic) bond motifs is 1. The minimum Gasteiger partial charge on any atom is -0.376 e. The van der Waals surface area contributed by atoms with Crippen molar-refractivity contribution < 1.29 is 9.53 Å². The van der Waals surface area contributed by atoms with Crippen LogP contribution in [0.25, 0.3) is 22.4 Å². The third-order valence-electron chi connectivity index (χ3n) is 4.82. The molecule has 134 valence electrons. The van der Waals surface area contributed by atoms with E-state index in [1.54, 1.807) is 0 Å². The van der Waals surface area contributed by atoms with E-state index in [9.17, 15) is 4.79 Å². The van der Waals surface area contributed by atoms with Crippen molar-refractivity contribution in [3.8, 4) is 11.4 Å². The highest BCUT2D eigenvalue weighted by molar-refractivity contribution is 5.84. The average molecular weight is 349 g/mol. The molecule has 2 heterocycles. The van der Waals surface area contributed by atoms with Crippen molar-refractivity contribution >= 4 is 16.9 Å². The van der Waals surface area contributed by atoms with Crippen molar-refractivity contribution in [2.24, 2.45) is 0 Å². The van der Waals surface area contributed by atoms with Crippen LogP contribution in [0.15, 0.2) is 48.5 Å². The first-order chi connectivity index (χ1) is 12.7. The van der Waals surface area contributed by atoms with Crippen LogP contribution < -0.4 is 5.32 Å². The molecule has 1 saturated heterocycles. The molecule has 4 rings (SSSR count). The second kappa shape index (κ2) is 7.30. The van der Waals surface area contributed by atoms with Crippen LogP contribution in [0, 0.1) is 6.92 Å². The van der Waals surface area contributed by atoms with Gasteiger partial charge in [0.15, 0.2) is 0 Å². The van der Waals surface area contributed by atoms with E-state index < -0.39 is 0 Å². The molecule has 1 atom stereocenters. The van der Waals surface area contributed by atoms with Crippen LogP contribution in [-0.2, 0) is 16.1 Å². The maximum Gasteiger partial charge on any atom is 0.240 e. The first kappa shape index (κ1) is 16.8. The van der Waals surface area contributed by atoms with Gasteiger partial charge in [-0.3, -0.25) is 4.79 Å². The predicted molar refractivity (Wildman–Crippen MR) is 102 cm³/mol. The number of amides is 1. The van der Waals surface area contributed by atoms with E-state index in [0.29, 0.717) is 6.54 Å². The number of ether oxygens (including phenoxy) is 1. The summed E-state index contributed by atoms with van der Waals surface area (Å²) in [5.74, 6) is 0.801. The Kier molecular flexibility index (Phi) is 4.71. The van der Waals surface area contributed by atoms with E-state index in [2.05, 4.69) is 36.5 Å². The maximum atomic E-state index is 12.5. The lowest BCUT2D eigenvalue weighted by Crippen LogP contribution is -2.34. The molecule has 0 saturated carbocycles. The van der Waals surface area contributed by atoms with E-state index in [0.717, 1.165) is 41.9 Å². The number of benzene rings is 2. The van der Waals surface area contributed by atoms with Crippen molar-refractivity contribution in [1.82, 2.24) is 14.9 Å². The number of nitrogens with zero attached hydrogens (tertiary/aromatic N) is 2. The van der Waals surface area contributed by atoms with Gasteiger partial charge >= 0.3 is 0 Å². The molecule has 1 aromatic heterocycles. The van der Waals surface area contributed by atoms with E-state index in [1.165, 1.54) is 5.56 Å². The van der Waals surface area contributed by atoms with E-state index >= 15 is 0 Å². The Bertz CT molecular complexity index is 909. The molecule has 2 aromatic carbocycles. The van der Waals surface area contributed by atoms with E-state index in [1.807, 2.05) is 28.8 Å². The lowest BCUT2D eigenvalue weighted by atomic mass is 10.1. The smallest absolute Gasteiger partial charge is 0.240 e. The lowest BCUT2D eigenvalue weighted by molar-refractivity contribution is -0.122. The summed E-state index contributed by atoms with van der Waals surface area (Å²) >= 11 is 0. The summed E-state index contributed by atoms with van der Waals surface area (Å²) in [5, 5.41) is 3.00. The van der Waals surface area contributed by atoms with Gasteiger partial charge in [-0.1, -0.05) is 42.0 Å². The number of aromatic nitrogens is 2. The quantitative estimate of drug-likeness (QED) is 0.769. The van der Waals surface area contributed by atoms with Gasteiger partial charge in [-0.05, 0) is 31.9 Å². The molecule has 5 heteroatoms.